The van der Waals surface area contributed by atoms with Gasteiger partial charge in [0.05, 0.1) is 0 Å². The maximum atomic E-state index is 12.8. The van der Waals surface area contributed by atoms with Crippen molar-refractivity contribution in [1.82, 2.24) is 15.1 Å². The molecule has 0 aliphatic carbocycles. The van der Waals surface area contributed by atoms with Gasteiger partial charge in [0.25, 0.3) is 5.91 Å². The van der Waals surface area contributed by atoms with Crippen molar-refractivity contribution in [3.8, 4) is 0 Å². The zero-order valence-electron chi connectivity index (χ0n) is 16.0. The first-order valence-corrected chi connectivity index (χ1v) is 9.91. The molecule has 4 rings (SSSR count). The van der Waals surface area contributed by atoms with Crippen molar-refractivity contribution in [2.45, 2.75) is 26.2 Å². The van der Waals surface area contributed by atoms with Crippen LogP contribution in [0.1, 0.15) is 35.2 Å². The fourth-order valence-corrected chi connectivity index (χ4v) is 3.90. The Bertz CT molecular complexity index is 777. The van der Waals surface area contributed by atoms with E-state index in [4.69, 9.17) is 0 Å². The van der Waals surface area contributed by atoms with Crippen molar-refractivity contribution in [2.24, 2.45) is 0 Å². The van der Waals surface area contributed by atoms with Crippen LogP contribution in [0, 0.1) is 6.92 Å². The van der Waals surface area contributed by atoms with Gasteiger partial charge in [-0.1, -0.05) is 18.2 Å². The molecule has 0 atom stereocenters. The van der Waals surface area contributed by atoms with Gasteiger partial charge < -0.3 is 14.7 Å². The van der Waals surface area contributed by atoms with Crippen LogP contribution in [0.4, 0.5) is 11.6 Å². The van der Waals surface area contributed by atoms with Gasteiger partial charge in [0.1, 0.15) is 0 Å². The van der Waals surface area contributed by atoms with Crippen LogP contribution in [0.15, 0.2) is 36.4 Å². The number of aryl methyl sites for hydroxylation is 1. The second-order valence-electron chi connectivity index (χ2n) is 7.39. The molecular formula is C21H27N5O. The summed E-state index contributed by atoms with van der Waals surface area (Å²) in [6.45, 7) is 7.14. The van der Waals surface area contributed by atoms with Gasteiger partial charge in [0, 0.05) is 44.8 Å². The first kappa shape index (κ1) is 17.8. The Hall–Kier alpha value is -2.63. The van der Waals surface area contributed by atoms with E-state index in [2.05, 4.69) is 32.1 Å². The molecule has 6 heteroatoms. The third kappa shape index (κ3) is 3.89. The molecule has 0 radical (unpaired) electrons. The predicted octanol–water partition coefficient (Wildman–Crippen LogP) is 2.74. The van der Waals surface area contributed by atoms with Gasteiger partial charge in [0.15, 0.2) is 11.6 Å². The van der Waals surface area contributed by atoms with Crippen LogP contribution in [0.5, 0.6) is 0 Å². The van der Waals surface area contributed by atoms with Crippen molar-refractivity contribution in [1.29, 1.82) is 0 Å². The number of hydrogen-bond donors (Lipinski definition) is 0. The summed E-state index contributed by atoms with van der Waals surface area (Å²) < 4.78 is 0. The van der Waals surface area contributed by atoms with E-state index in [0.29, 0.717) is 13.1 Å². The van der Waals surface area contributed by atoms with E-state index in [0.717, 1.165) is 48.9 Å². The molecule has 2 aliphatic heterocycles. The Morgan fingerprint density at radius 2 is 1.37 bits per heavy atom. The summed E-state index contributed by atoms with van der Waals surface area (Å²) in [5.41, 5.74) is 1.83. The molecule has 1 amide bonds. The molecular weight excluding hydrogens is 338 g/mol. The van der Waals surface area contributed by atoms with Crippen LogP contribution < -0.4 is 9.80 Å². The Labute approximate surface area is 160 Å². The molecule has 3 heterocycles. The minimum Gasteiger partial charge on any atom is -0.355 e. The first-order chi connectivity index (χ1) is 13.2. The summed E-state index contributed by atoms with van der Waals surface area (Å²) in [5, 5.41) is 8.90. The lowest BCUT2D eigenvalue weighted by Gasteiger charge is -2.35. The van der Waals surface area contributed by atoms with Gasteiger partial charge in [-0.25, -0.2) is 0 Å². The van der Waals surface area contributed by atoms with E-state index in [1.54, 1.807) is 0 Å². The van der Waals surface area contributed by atoms with E-state index in [9.17, 15) is 4.79 Å². The molecule has 0 spiro atoms. The van der Waals surface area contributed by atoms with Gasteiger partial charge in [-0.3, -0.25) is 4.79 Å². The lowest BCUT2D eigenvalue weighted by molar-refractivity contribution is 0.0745. The van der Waals surface area contributed by atoms with Crippen LogP contribution in [0.25, 0.3) is 0 Å². The normalized spacial score (nSPS) is 17.9. The average Bonchev–Trinajstić information content (AvgIpc) is 2.74. The summed E-state index contributed by atoms with van der Waals surface area (Å²) in [6, 6.07) is 11.9. The summed E-state index contributed by atoms with van der Waals surface area (Å²) >= 11 is 0. The molecule has 142 valence electrons. The van der Waals surface area contributed by atoms with E-state index in [1.807, 2.05) is 36.1 Å². The number of hydrogen-bond acceptors (Lipinski definition) is 5. The molecule has 2 saturated heterocycles. The van der Waals surface area contributed by atoms with Gasteiger partial charge >= 0.3 is 0 Å². The Kier molecular flexibility index (Phi) is 5.23. The zero-order valence-corrected chi connectivity index (χ0v) is 16.0. The Balaban J connectivity index is 1.36. The number of carbonyl (C=O) groups excluding carboxylic acids is 1. The largest absolute Gasteiger partial charge is 0.355 e. The fourth-order valence-electron chi connectivity index (χ4n) is 3.90. The second kappa shape index (κ2) is 7.94. The first-order valence-electron chi connectivity index (χ1n) is 9.91. The Morgan fingerprint density at radius 3 is 1.96 bits per heavy atom. The molecule has 27 heavy (non-hydrogen) atoms. The standard InChI is InChI=1S/C21H27N5O/c1-17-7-3-4-8-18(17)21(27)26-15-13-25(14-16-26)20-10-9-19(22-23-20)24-11-5-2-6-12-24/h3-4,7-10H,2,5-6,11-16H2,1H3. The topological polar surface area (TPSA) is 52.6 Å². The van der Waals surface area contributed by atoms with E-state index in [-0.39, 0.29) is 5.91 Å². The maximum Gasteiger partial charge on any atom is 0.254 e. The van der Waals surface area contributed by atoms with E-state index < -0.39 is 0 Å². The quantitative estimate of drug-likeness (QED) is 0.837. The highest BCUT2D eigenvalue weighted by Crippen LogP contribution is 2.20. The maximum absolute atomic E-state index is 12.8. The third-order valence-corrected chi connectivity index (χ3v) is 5.58. The molecule has 0 N–H and O–H groups in total. The molecule has 6 nitrogen and oxygen atoms in total. The summed E-state index contributed by atoms with van der Waals surface area (Å²) in [4.78, 5) is 19.2. The van der Waals surface area contributed by atoms with Crippen molar-refractivity contribution in [3.05, 3.63) is 47.5 Å². The van der Waals surface area contributed by atoms with Crippen LogP contribution >= 0.6 is 0 Å². The third-order valence-electron chi connectivity index (χ3n) is 5.58. The van der Waals surface area contributed by atoms with Gasteiger partial charge in [-0.05, 0) is 49.9 Å². The van der Waals surface area contributed by atoms with Crippen molar-refractivity contribution >= 4 is 17.5 Å². The van der Waals surface area contributed by atoms with Gasteiger partial charge in [0.2, 0.25) is 0 Å². The lowest BCUT2D eigenvalue weighted by Crippen LogP contribution is -2.49. The Morgan fingerprint density at radius 1 is 0.778 bits per heavy atom. The molecule has 1 aromatic heterocycles. The second-order valence-corrected chi connectivity index (χ2v) is 7.39. The summed E-state index contributed by atoms with van der Waals surface area (Å²) in [5.74, 6) is 2.00. The number of piperidine rings is 1. The minimum absolute atomic E-state index is 0.124. The number of benzene rings is 1. The van der Waals surface area contributed by atoms with E-state index in [1.165, 1.54) is 19.3 Å². The number of amides is 1. The highest BCUT2D eigenvalue weighted by molar-refractivity contribution is 5.95. The van der Waals surface area contributed by atoms with Crippen LogP contribution in [0.2, 0.25) is 0 Å². The smallest absolute Gasteiger partial charge is 0.254 e. The highest BCUT2D eigenvalue weighted by atomic mass is 16.2. The van der Waals surface area contributed by atoms with Crippen LogP contribution in [-0.2, 0) is 0 Å². The number of nitrogens with zero attached hydrogens (tertiary/aromatic N) is 5. The van der Waals surface area contributed by atoms with Crippen molar-refractivity contribution in [2.75, 3.05) is 49.1 Å². The molecule has 2 aliphatic rings. The molecule has 2 aromatic rings. The predicted molar refractivity (Wildman–Crippen MR) is 107 cm³/mol. The van der Waals surface area contributed by atoms with Gasteiger partial charge in [-0.2, -0.15) is 0 Å². The van der Waals surface area contributed by atoms with Crippen LogP contribution in [-0.4, -0.2) is 60.3 Å². The number of carbonyl (C=O) groups is 1. The number of piperazine rings is 1. The van der Waals surface area contributed by atoms with Gasteiger partial charge in [-0.15, -0.1) is 10.2 Å². The van der Waals surface area contributed by atoms with E-state index >= 15 is 0 Å². The number of anilines is 2. The van der Waals surface area contributed by atoms with Crippen molar-refractivity contribution < 1.29 is 4.79 Å². The molecule has 0 unspecified atom stereocenters. The molecule has 0 saturated carbocycles. The average molecular weight is 365 g/mol. The summed E-state index contributed by atoms with van der Waals surface area (Å²) in [6.07, 6.45) is 3.79. The highest BCUT2D eigenvalue weighted by Gasteiger charge is 2.24. The monoisotopic (exact) mass is 365 g/mol. The molecule has 0 bridgehead atoms. The summed E-state index contributed by atoms with van der Waals surface area (Å²) in [7, 11) is 0. The lowest BCUT2D eigenvalue weighted by atomic mass is 10.1. The SMILES string of the molecule is Cc1ccccc1C(=O)N1CCN(c2ccc(N3CCCCC3)nn2)CC1. The fraction of sp³-hybridized carbons (Fsp3) is 0.476. The van der Waals surface area contributed by atoms with Crippen molar-refractivity contribution in [3.63, 3.8) is 0 Å². The number of aromatic nitrogens is 2. The molecule has 2 fully saturated rings. The number of rotatable bonds is 3. The zero-order chi connectivity index (χ0) is 18.6. The minimum atomic E-state index is 0.124. The molecule has 1 aromatic carbocycles. The van der Waals surface area contributed by atoms with Crippen LogP contribution in [0.3, 0.4) is 0 Å².